The van der Waals surface area contributed by atoms with E-state index >= 15 is 0 Å². The zero-order valence-corrected chi connectivity index (χ0v) is 7.12. The van der Waals surface area contributed by atoms with Gasteiger partial charge < -0.3 is 5.11 Å². The second kappa shape index (κ2) is 4.58. The van der Waals surface area contributed by atoms with Crippen molar-refractivity contribution in [1.29, 1.82) is 0 Å². The Morgan fingerprint density at radius 3 is 2.58 bits per heavy atom. The molecule has 1 aromatic rings. The van der Waals surface area contributed by atoms with E-state index in [1.165, 1.54) is 0 Å². The predicted molar refractivity (Wildman–Crippen MR) is 49.6 cm³/mol. The summed E-state index contributed by atoms with van der Waals surface area (Å²) in [5.41, 5.74) is 0.998. The summed E-state index contributed by atoms with van der Waals surface area (Å²) < 4.78 is 0. The SMILES string of the molecule is CC(O)CC#Cc1ccccc1. The van der Waals surface area contributed by atoms with Crippen LogP contribution in [0.3, 0.4) is 0 Å². The van der Waals surface area contributed by atoms with Gasteiger partial charge in [0, 0.05) is 12.0 Å². The average molecular weight is 160 g/mol. The Labute approximate surface area is 73.0 Å². The van der Waals surface area contributed by atoms with E-state index in [0.29, 0.717) is 6.42 Å². The number of hydrogen-bond donors (Lipinski definition) is 1. The maximum atomic E-state index is 8.93. The van der Waals surface area contributed by atoms with Crippen LogP contribution in [-0.4, -0.2) is 11.2 Å². The van der Waals surface area contributed by atoms with Crippen LogP contribution < -0.4 is 0 Å². The molecule has 0 saturated heterocycles. The van der Waals surface area contributed by atoms with Gasteiger partial charge in [-0.05, 0) is 19.1 Å². The lowest BCUT2D eigenvalue weighted by molar-refractivity contribution is 0.201. The molecule has 0 aliphatic heterocycles. The fraction of sp³-hybridized carbons (Fsp3) is 0.273. The molecule has 0 aliphatic rings. The quantitative estimate of drug-likeness (QED) is 0.621. The molecule has 0 heterocycles. The van der Waals surface area contributed by atoms with Gasteiger partial charge >= 0.3 is 0 Å². The Kier molecular flexibility index (Phi) is 3.37. The fourth-order valence-electron chi connectivity index (χ4n) is 0.822. The highest BCUT2D eigenvalue weighted by Gasteiger charge is 1.88. The van der Waals surface area contributed by atoms with E-state index in [2.05, 4.69) is 11.8 Å². The van der Waals surface area contributed by atoms with Gasteiger partial charge in [0.1, 0.15) is 0 Å². The van der Waals surface area contributed by atoms with Gasteiger partial charge in [-0.2, -0.15) is 0 Å². The van der Waals surface area contributed by atoms with Crippen LogP contribution >= 0.6 is 0 Å². The van der Waals surface area contributed by atoms with Crippen LogP contribution in [-0.2, 0) is 0 Å². The fourth-order valence-corrected chi connectivity index (χ4v) is 0.822. The molecule has 0 bridgehead atoms. The molecule has 0 fully saturated rings. The molecule has 0 aliphatic carbocycles. The molecular formula is C11H12O. The minimum Gasteiger partial charge on any atom is -0.392 e. The van der Waals surface area contributed by atoms with Crippen LogP contribution in [0.15, 0.2) is 30.3 Å². The monoisotopic (exact) mass is 160 g/mol. The lowest BCUT2D eigenvalue weighted by Gasteiger charge is -1.92. The van der Waals surface area contributed by atoms with Crippen LogP contribution in [0.5, 0.6) is 0 Å². The number of aliphatic hydroxyl groups excluding tert-OH is 1. The highest BCUT2D eigenvalue weighted by atomic mass is 16.3. The average Bonchev–Trinajstić information content (AvgIpc) is 2.05. The third-order valence-electron chi connectivity index (χ3n) is 1.40. The maximum absolute atomic E-state index is 8.93. The Morgan fingerprint density at radius 2 is 2.00 bits per heavy atom. The van der Waals surface area contributed by atoms with Crippen molar-refractivity contribution in [3.63, 3.8) is 0 Å². The molecule has 0 saturated carbocycles. The van der Waals surface area contributed by atoms with Gasteiger partial charge in [-0.25, -0.2) is 0 Å². The number of hydrogen-bond acceptors (Lipinski definition) is 1. The molecule has 1 N–H and O–H groups in total. The van der Waals surface area contributed by atoms with Crippen molar-refractivity contribution >= 4 is 0 Å². The van der Waals surface area contributed by atoms with Crippen molar-refractivity contribution in [2.45, 2.75) is 19.4 Å². The zero-order chi connectivity index (χ0) is 8.81. The summed E-state index contributed by atoms with van der Waals surface area (Å²) in [4.78, 5) is 0. The first-order valence-electron chi connectivity index (χ1n) is 4.01. The van der Waals surface area contributed by atoms with Gasteiger partial charge in [0.15, 0.2) is 0 Å². The highest BCUT2D eigenvalue weighted by molar-refractivity contribution is 5.33. The highest BCUT2D eigenvalue weighted by Crippen LogP contribution is 1.95. The van der Waals surface area contributed by atoms with Crippen molar-refractivity contribution < 1.29 is 5.11 Å². The first kappa shape index (κ1) is 8.83. The van der Waals surface area contributed by atoms with Gasteiger partial charge in [0.05, 0.1) is 6.10 Å². The van der Waals surface area contributed by atoms with Crippen molar-refractivity contribution in [3.05, 3.63) is 35.9 Å². The number of benzene rings is 1. The lowest BCUT2D eigenvalue weighted by Crippen LogP contribution is -1.95. The van der Waals surface area contributed by atoms with Gasteiger partial charge in [-0.3, -0.25) is 0 Å². The van der Waals surface area contributed by atoms with E-state index in [-0.39, 0.29) is 6.10 Å². The van der Waals surface area contributed by atoms with Crippen LogP contribution in [0.2, 0.25) is 0 Å². The molecule has 1 nitrogen and oxygen atoms in total. The standard InChI is InChI=1S/C11H12O/c1-10(12)6-5-9-11-7-3-2-4-8-11/h2-4,7-8,10,12H,6H2,1H3. The minimum absolute atomic E-state index is 0.332. The molecule has 12 heavy (non-hydrogen) atoms. The van der Waals surface area contributed by atoms with E-state index in [1.54, 1.807) is 6.92 Å². The van der Waals surface area contributed by atoms with E-state index < -0.39 is 0 Å². The first-order valence-corrected chi connectivity index (χ1v) is 4.01. The van der Waals surface area contributed by atoms with E-state index in [9.17, 15) is 0 Å². The summed E-state index contributed by atoms with van der Waals surface area (Å²) in [6.07, 6.45) is 0.204. The molecule has 0 radical (unpaired) electrons. The van der Waals surface area contributed by atoms with Crippen molar-refractivity contribution in [1.82, 2.24) is 0 Å². The molecule has 1 rings (SSSR count). The summed E-state index contributed by atoms with van der Waals surface area (Å²) >= 11 is 0. The largest absolute Gasteiger partial charge is 0.392 e. The molecule has 0 aromatic heterocycles. The normalized spacial score (nSPS) is 11.5. The third kappa shape index (κ3) is 3.23. The van der Waals surface area contributed by atoms with Gasteiger partial charge in [-0.15, -0.1) is 0 Å². The second-order valence-corrected chi connectivity index (χ2v) is 2.72. The van der Waals surface area contributed by atoms with E-state index in [1.807, 2.05) is 30.3 Å². The first-order chi connectivity index (χ1) is 5.79. The Morgan fingerprint density at radius 1 is 1.33 bits per heavy atom. The van der Waals surface area contributed by atoms with Crippen molar-refractivity contribution in [2.75, 3.05) is 0 Å². The summed E-state index contributed by atoms with van der Waals surface area (Å²) in [7, 11) is 0. The van der Waals surface area contributed by atoms with Crippen molar-refractivity contribution in [3.8, 4) is 11.8 Å². The summed E-state index contributed by atoms with van der Waals surface area (Å²) in [6, 6.07) is 9.77. The van der Waals surface area contributed by atoms with Crippen molar-refractivity contribution in [2.24, 2.45) is 0 Å². The zero-order valence-electron chi connectivity index (χ0n) is 7.12. The van der Waals surface area contributed by atoms with E-state index in [4.69, 9.17) is 5.11 Å². The van der Waals surface area contributed by atoms with Crippen LogP contribution in [0, 0.1) is 11.8 Å². The Balaban J connectivity index is 2.55. The molecule has 1 unspecified atom stereocenters. The molecule has 1 atom stereocenters. The summed E-state index contributed by atoms with van der Waals surface area (Å²) in [5.74, 6) is 5.87. The molecule has 62 valence electrons. The Hall–Kier alpha value is -1.26. The number of aliphatic hydroxyl groups is 1. The summed E-state index contributed by atoms with van der Waals surface area (Å²) in [5, 5.41) is 8.93. The lowest BCUT2D eigenvalue weighted by atomic mass is 10.2. The third-order valence-corrected chi connectivity index (χ3v) is 1.40. The molecule has 1 heteroatoms. The van der Waals surface area contributed by atoms with Crippen LogP contribution in [0.25, 0.3) is 0 Å². The van der Waals surface area contributed by atoms with Gasteiger partial charge in [0.25, 0.3) is 0 Å². The smallest absolute Gasteiger partial charge is 0.0621 e. The number of rotatable bonds is 1. The molecule has 0 spiro atoms. The van der Waals surface area contributed by atoms with E-state index in [0.717, 1.165) is 5.56 Å². The van der Waals surface area contributed by atoms with Crippen LogP contribution in [0.1, 0.15) is 18.9 Å². The van der Waals surface area contributed by atoms with Gasteiger partial charge in [0.2, 0.25) is 0 Å². The molecule has 0 amide bonds. The van der Waals surface area contributed by atoms with Crippen LogP contribution in [0.4, 0.5) is 0 Å². The molecule has 1 aromatic carbocycles. The predicted octanol–water partition coefficient (Wildman–Crippen LogP) is 1.81. The summed E-state index contributed by atoms with van der Waals surface area (Å²) in [6.45, 7) is 1.74. The Bertz CT molecular complexity index is 277. The minimum atomic E-state index is -0.332. The molecular weight excluding hydrogens is 148 g/mol. The van der Waals surface area contributed by atoms with Gasteiger partial charge in [-0.1, -0.05) is 30.0 Å². The second-order valence-electron chi connectivity index (χ2n) is 2.72. The maximum Gasteiger partial charge on any atom is 0.0621 e. The topological polar surface area (TPSA) is 20.2 Å².